The molecule has 2 heterocycles. The van der Waals surface area contributed by atoms with Gasteiger partial charge in [0.15, 0.2) is 5.76 Å². The highest BCUT2D eigenvalue weighted by atomic mass is 32.2. The Morgan fingerprint density at radius 3 is 2.68 bits per heavy atom. The van der Waals surface area contributed by atoms with Crippen LogP contribution in [0.1, 0.15) is 21.7 Å². The lowest BCUT2D eigenvalue weighted by Crippen LogP contribution is -2.31. The number of hydrogen-bond acceptors (Lipinski definition) is 5. The molecule has 0 spiro atoms. The lowest BCUT2D eigenvalue weighted by molar-refractivity contribution is 0.0947. The average molecular weight is 325 g/mol. The average Bonchev–Trinajstić information content (AvgIpc) is 2.91. The fraction of sp³-hybridized carbons (Fsp3) is 0.214. The van der Waals surface area contributed by atoms with Crippen molar-refractivity contribution in [3.8, 4) is 0 Å². The molecule has 0 fully saturated rings. The van der Waals surface area contributed by atoms with Gasteiger partial charge in [-0.05, 0) is 24.3 Å². The maximum Gasteiger partial charge on any atom is 0.300 e. The van der Waals surface area contributed by atoms with E-state index in [1.165, 1.54) is 6.26 Å². The zero-order chi connectivity index (χ0) is 15.7. The van der Waals surface area contributed by atoms with E-state index in [1.54, 1.807) is 0 Å². The Morgan fingerprint density at radius 1 is 1.23 bits per heavy atom. The van der Waals surface area contributed by atoms with Crippen LogP contribution in [0.4, 0.5) is 4.39 Å². The molecule has 6 nitrogen and oxygen atoms in total. The molecule has 116 valence electrons. The van der Waals surface area contributed by atoms with Crippen molar-refractivity contribution in [3.05, 3.63) is 53.2 Å². The zero-order valence-corrected chi connectivity index (χ0v) is 12.2. The van der Waals surface area contributed by atoms with Gasteiger partial charge in [-0.3, -0.25) is 4.79 Å². The fourth-order valence-electron chi connectivity index (χ4n) is 2.20. The minimum absolute atomic E-state index is 0.0380. The summed E-state index contributed by atoms with van der Waals surface area (Å²) < 4.78 is 49.3. The van der Waals surface area contributed by atoms with E-state index in [1.807, 2.05) is 4.72 Å². The highest BCUT2D eigenvalue weighted by Gasteiger charge is 2.26. The summed E-state index contributed by atoms with van der Waals surface area (Å²) in [7, 11) is -4.09. The molecule has 0 unspecified atom stereocenters. The number of ether oxygens (including phenoxy) is 1. The standard InChI is InChI=1S/C14H12FNO5S/c15-10-1-3-11(4-2-10)22(18,19)16-14(17)13-12-5-6-20-7-9(12)8-21-13/h1-4,8H,5-7H2,(H,16,17). The SMILES string of the molecule is O=C(NS(=O)(=O)c1ccc(F)cc1)c1occ2c1CCOC2. The summed E-state index contributed by atoms with van der Waals surface area (Å²) in [5.74, 6) is -1.46. The minimum Gasteiger partial charge on any atom is -0.458 e. The maximum absolute atomic E-state index is 12.8. The van der Waals surface area contributed by atoms with Gasteiger partial charge in [0.2, 0.25) is 0 Å². The van der Waals surface area contributed by atoms with Gasteiger partial charge in [-0.1, -0.05) is 0 Å². The van der Waals surface area contributed by atoms with Crippen molar-refractivity contribution in [2.45, 2.75) is 17.9 Å². The molecule has 3 rings (SSSR count). The summed E-state index contributed by atoms with van der Waals surface area (Å²) in [5.41, 5.74) is 1.38. The Hall–Kier alpha value is -2.19. The van der Waals surface area contributed by atoms with Crippen molar-refractivity contribution in [1.82, 2.24) is 4.72 Å². The molecule has 1 amide bonds. The predicted octanol–water partition coefficient (Wildman–Crippen LogP) is 1.61. The van der Waals surface area contributed by atoms with E-state index in [0.29, 0.717) is 25.2 Å². The van der Waals surface area contributed by atoms with Gasteiger partial charge in [0, 0.05) is 17.5 Å². The molecular formula is C14H12FNO5S. The first-order valence-corrected chi connectivity index (χ1v) is 7.95. The Kier molecular flexibility index (Phi) is 3.71. The van der Waals surface area contributed by atoms with E-state index in [4.69, 9.17) is 9.15 Å². The summed E-state index contributed by atoms with van der Waals surface area (Å²) in [6, 6.07) is 4.17. The lowest BCUT2D eigenvalue weighted by Gasteiger charge is -2.12. The number of nitrogens with one attached hydrogen (secondary N) is 1. The van der Waals surface area contributed by atoms with Gasteiger partial charge < -0.3 is 9.15 Å². The summed E-state index contributed by atoms with van der Waals surface area (Å²) in [5, 5.41) is 0. The number of rotatable bonds is 3. The highest BCUT2D eigenvalue weighted by Crippen LogP contribution is 2.23. The van der Waals surface area contributed by atoms with Crippen LogP contribution in [0.5, 0.6) is 0 Å². The summed E-state index contributed by atoms with van der Waals surface area (Å²) >= 11 is 0. The third-order valence-corrected chi connectivity index (χ3v) is 4.64. The van der Waals surface area contributed by atoms with E-state index in [-0.39, 0.29) is 10.7 Å². The maximum atomic E-state index is 12.8. The number of carbonyl (C=O) groups is 1. The molecule has 1 aromatic carbocycles. The first-order chi connectivity index (χ1) is 10.5. The van der Waals surface area contributed by atoms with Crippen LogP contribution < -0.4 is 4.72 Å². The van der Waals surface area contributed by atoms with Crippen LogP contribution in [-0.4, -0.2) is 20.9 Å². The van der Waals surface area contributed by atoms with E-state index in [0.717, 1.165) is 29.8 Å². The van der Waals surface area contributed by atoms with Crippen molar-refractivity contribution in [2.24, 2.45) is 0 Å². The van der Waals surface area contributed by atoms with Gasteiger partial charge in [0.1, 0.15) is 5.82 Å². The first kappa shape index (κ1) is 14.7. The van der Waals surface area contributed by atoms with Gasteiger partial charge in [-0.15, -0.1) is 0 Å². The number of carbonyl (C=O) groups excluding carboxylic acids is 1. The van der Waals surface area contributed by atoms with Crippen LogP contribution in [0.3, 0.4) is 0 Å². The predicted molar refractivity (Wildman–Crippen MR) is 73.1 cm³/mol. The highest BCUT2D eigenvalue weighted by molar-refractivity contribution is 7.90. The Morgan fingerprint density at radius 2 is 1.95 bits per heavy atom. The van der Waals surface area contributed by atoms with Gasteiger partial charge in [-0.25, -0.2) is 17.5 Å². The number of amides is 1. The summed E-state index contributed by atoms with van der Waals surface area (Å²) in [6.45, 7) is 0.772. The summed E-state index contributed by atoms with van der Waals surface area (Å²) in [4.78, 5) is 11.9. The second-order valence-electron chi connectivity index (χ2n) is 4.76. The topological polar surface area (TPSA) is 85.6 Å². The third kappa shape index (κ3) is 2.75. The van der Waals surface area contributed by atoms with Crippen molar-refractivity contribution in [3.63, 3.8) is 0 Å². The van der Waals surface area contributed by atoms with Crippen molar-refractivity contribution < 1.29 is 26.8 Å². The molecule has 22 heavy (non-hydrogen) atoms. The molecule has 0 saturated carbocycles. The molecule has 1 aliphatic heterocycles. The summed E-state index contributed by atoms with van der Waals surface area (Å²) in [6.07, 6.45) is 1.86. The molecular weight excluding hydrogens is 313 g/mol. The molecule has 0 radical (unpaired) electrons. The molecule has 0 atom stereocenters. The molecule has 1 aromatic heterocycles. The quantitative estimate of drug-likeness (QED) is 0.926. The van der Waals surface area contributed by atoms with Crippen LogP contribution in [0.2, 0.25) is 0 Å². The largest absolute Gasteiger partial charge is 0.458 e. The molecule has 2 aromatic rings. The van der Waals surface area contributed by atoms with Crippen LogP contribution in [0.25, 0.3) is 0 Å². The zero-order valence-electron chi connectivity index (χ0n) is 11.3. The van der Waals surface area contributed by atoms with Crippen LogP contribution in [0.15, 0.2) is 39.8 Å². The number of halogens is 1. The van der Waals surface area contributed by atoms with Crippen molar-refractivity contribution in [2.75, 3.05) is 6.61 Å². The third-order valence-electron chi connectivity index (χ3n) is 3.29. The van der Waals surface area contributed by atoms with Gasteiger partial charge in [0.05, 0.1) is 24.4 Å². The molecule has 0 saturated heterocycles. The Labute approximate surface area is 125 Å². The van der Waals surface area contributed by atoms with E-state index in [2.05, 4.69) is 0 Å². The normalized spacial score (nSPS) is 14.4. The lowest BCUT2D eigenvalue weighted by atomic mass is 10.1. The molecule has 8 heteroatoms. The number of sulfonamides is 1. The smallest absolute Gasteiger partial charge is 0.300 e. The van der Waals surface area contributed by atoms with Crippen LogP contribution in [0, 0.1) is 5.82 Å². The molecule has 1 aliphatic rings. The van der Waals surface area contributed by atoms with Crippen LogP contribution >= 0.6 is 0 Å². The molecule has 0 aliphatic carbocycles. The number of furan rings is 1. The van der Waals surface area contributed by atoms with Gasteiger partial charge >= 0.3 is 5.91 Å². The van der Waals surface area contributed by atoms with E-state index < -0.39 is 21.7 Å². The Bertz CT molecular complexity index is 810. The second kappa shape index (κ2) is 5.54. The van der Waals surface area contributed by atoms with Crippen molar-refractivity contribution >= 4 is 15.9 Å². The fourth-order valence-corrected chi connectivity index (χ4v) is 3.15. The Balaban J connectivity index is 1.84. The monoisotopic (exact) mass is 325 g/mol. The minimum atomic E-state index is -4.09. The second-order valence-corrected chi connectivity index (χ2v) is 6.44. The van der Waals surface area contributed by atoms with E-state index in [9.17, 15) is 17.6 Å². The molecule has 1 N–H and O–H groups in total. The number of benzene rings is 1. The van der Waals surface area contributed by atoms with Crippen LogP contribution in [-0.2, 0) is 27.8 Å². The van der Waals surface area contributed by atoms with Gasteiger partial charge in [0.25, 0.3) is 10.0 Å². The van der Waals surface area contributed by atoms with Gasteiger partial charge in [-0.2, -0.15) is 0 Å². The first-order valence-electron chi connectivity index (χ1n) is 6.47. The molecule has 0 bridgehead atoms. The number of hydrogen-bond donors (Lipinski definition) is 1. The van der Waals surface area contributed by atoms with Crippen molar-refractivity contribution in [1.29, 1.82) is 0 Å². The van der Waals surface area contributed by atoms with E-state index >= 15 is 0 Å². The number of fused-ring (bicyclic) bond motifs is 1.